The van der Waals surface area contributed by atoms with Crippen LogP contribution in [0.4, 0.5) is 13.2 Å². The molecule has 0 amide bonds. The van der Waals surface area contributed by atoms with Gasteiger partial charge in [-0.25, -0.2) is 13.2 Å². The summed E-state index contributed by atoms with van der Waals surface area (Å²) >= 11 is 0. The van der Waals surface area contributed by atoms with Gasteiger partial charge < -0.3 is 9.52 Å². The molecule has 0 aromatic carbocycles. The van der Waals surface area contributed by atoms with Crippen LogP contribution >= 0.6 is 0 Å². The molecule has 6 nitrogen and oxygen atoms in total. The second kappa shape index (κ2) is 6.48. The third kappa shape index (κ3) is 4.74. The summed E-state index contributed by atoms with van der Waals surface area (Å²) in [5, 5.41) is 7.83. The smallest absolute Gasteiger partial charge is 0.402 e. The van der Waals surface area contributed by atoms with Crippen LogP contribution in [-0.2, 0) is 10.0 Å². The van der Waals surface area contributed by atoms with E-state index in [-0.39, 0.29) is 17.3 Å². The number of hydrogen-bond donors (Lipinski definition) is 1. The van der Waals surface area contributed by atoms with Crippen molar-refractivity contribution in [2.75, 3.05) is 13.1 Å². The van der Waals surface area contributed by atoms with E-state index < -0.39 is 39.6 Å². The van der Waals surface area contributed by atoms with Crippen molar-refractivity contribution in [3.63, 3.8) is 0 Å². The average Bonchev–Trinajstić information content (AvgIpc) is 2.83. The molecule has 0 spiro atoms. The van der Waals surface area contributed by atoms with E-state index in [0.717, 1.165) is 12.1 Å². The first-order valence-electron chi connectivity index (χ1n) is 5.98. The maximum atomic E-state index is 12.5. The number of carboxylic acids is 1. The number of hydrogen-bond acceptors (Lipinski definition) is 4. The molecule has 0 aliphatic rings. The Hall–Kier alpha value is -1.55. The van der Waals surface area contributed by atoms with E-state index >= 15 is 0 Å². The summed E-state index contributed by atoms with van der Waals surface area (Å²) in [6.07, 6.45) is -3.97. The Balaban J connectivity index is 3.09. The molecular weight excluding hydrogens is 315 g/mol. The molecule has 0 atom stereocenters. The lowest BCUT2D eigenvalue weighted by Crippen LogP contribution is -2.39. The largest absolute Gasteiger partial charge is 0.475 e. The number of halogens is 3. The van der Waals surface area contributed by atoms with Gasteiger partial charge in [-0.3, -0.25) is 0 Å². The van der Waals surface area contributed by atoms with Gasteiger partial charge >= 0.3 is 12.1 Å². The van der Waals surface area contributed by atoms with E-state index in [1.165, 1.54) is 0 Å². The fourth-order valence-corrected chi connectivity index (χ4v) is 2.89. The second-order valence-electron chi connectivity index (χ2n) is 4.23. The first-order valence-corrected chi connectivity index (χ1v) is 7.42. The number of carboxylic acid groups (broad SMARTS) is 1. The molecule has 0 bridgehead atoms. The molecule has 10 heteroatoms. The first-order chi connectivity index (χ1) is 9.58. The number of nitrogens with zero attached hydrogens (tertiary/aromatic N) is 1. The summed E-state index contributed by atoms with van der Waals surface area (Å²) in [5.74, 6) is -2.16. The standard InChI is InChI=1S/C11H14F3NO5S/c1-2-3-6-15(7-11(12,13)14)21(18,19)9-5-4-8(20-9)10(16)17/h4-5H,2-3,6-7H2,1H3,(H,16,17). The van der Waals surface area contributed by atoms with E-state index in [0.29, 0.717) is 6.42 Å². The van der Waals surface area contributed by atoms with Crippen LogP contribution < -0.4 is 0 Å². The third-order valence-corrected chi connectivity index (χ3v) is 4.22. The van der Waals surface area contributed by atoms with E-state index in [4.69, 9.17) is 5.11 Å². The molecule has 120 valence electrons. The number of furan rings is 1. The van der Waals surface area contributed by atoms with Gasteiger partial charge in [0.15, 0.2) is 0 Å². The van der Waals surface area contributed by atoms with Crippen LogP contribution in [0.1, 0.15) is 30.3 Å². The Morgan fingerprint density at radius 1 is 1.38 bits per heavy atom. The minimum Gasteiger partial charge on any atom is -0.475 e. The number of carbonyl (C=O) groups is 1. The van der Waals surface area contributed by atoms with Gasteiger partial charge in [-0.15, -0.1) is 0 Å². The van der Waals surface area contributed by atoms with Crippen molar-refractivity contribution >= 4 is 16.0 Å². The lowest BCUT2D eigenvalue weighted by molar-refractivity contribution is -0.136. The van der Waals surface area contributed by atoms with Gasteiger partial charge in [0.1, 0.15) is 6.54 Å². The fraction of sp³-hybridized carbons (Fsp3) is 0.545. The molecule has 1 N–H and O–H groups in total. The highest BCUT2D eigenvalue weighted by molar-refractivity contribution is 7.89. The molecule has 1 aromatic heterocycles. The molecule has 21 heavy (non-hydrogen) atoms. The zero-order chi connectivity index (χ0) is 16.3. The summed E-state index contributed by atoms with van der Waals surface area (Å²) in [6, 6.07) is 1.70. The average molecular weight is 329 g/mol. The van der Waals surface area contributed by atoms with Crippen molar-refractivity contribution in [2.24, 2.45) is 0 Å². The molecule has 0 radical (unpaired) electrons. The molecule has 0 saturated carbocycles. The SMILES string of the molecule is CCCCN(CC(F)(F)F)S(=O)(=O)c1ccc(C(=O)O)o1. The Bertz CT molecular complexity index is 593. The number of aromatic carboxylic acids is 1. The Morgan fingerprint density at radius 2 is 2.00 bits per heavy atom. The van der Waals surface area contributed by atoms with Gasteiger partial charge in [-0.05, 0) is 18.6 Å². The summed E-state index contributed by atoms with van der Waals surface area (Å²) < 4.78 is 66.5. The van der Waals surface area contributed by atoms with Crippen molar-refractivity contribution in [3.8, 4) is 0 Å². The molecule has 0 aliphatic carbocycles. The minimum atomic E-state index is -4.71. The quantitative estimate of drug-likeness (QED) is 0.829. The van der Waals surface area contributed by atoms with E-state index in [2.05, 4.69) is 4.42 Å². The normalized spacial score (nSPS) is 12.8. The van der Waals surface area contributed by atoms with Gasteiger partial charge in [-0.1, -0.05) is 13.3 Å². The van der Waals surface area contributed by atoms with Crippen LogP contribution in [0.3, 0.4) is 0 Å². The van der Waals surface area contributed by atoms with E-state index in [1.807, 2.05) is 0 Å². The van der Waals surface area contributed by atoms with Crippen LogP contribution in [0, 0.1) is 0 Å². The fourth-order valence-electron chi connectivity index (χ4n) is 1.52. The van der Waals surface area contributed by atoms with E-state index in [1.54, 1.807) is 6.92 Å². The monoisotopic (exact) mass is 329 g/mol. The predicted molar refractivity (Wildman–Crippen MR) is 65.4 cm³/mol. The van der Waals surface area contributed by atoms with Crippen molar-refractivity contribution in [2.45, 2.75) is 31.0 Å². The van der Waals surface area contributed by atoms with Crippen molar-refractivity contribution in [1.82, 2.24) is 4.31 Å². The zero-order valence-corrected chi connectivity index (χ0v) is 11.9. The predicted octanol–water partition coefficient (Wildman–Crippen LogP) is 2.33. The zero-order valence-electron chi connectivity index (χ0n) is 11.1. The molecular formula is C11H14F3NO5S. The second-order valence-corrected chi connectivity index (χ2v) is 6.10. The summed E-state index contributed by atoms with van der Waals surface area (Å²) in [7, 11) is -4.54. The maximum absolute atomic E-state index is 12.5. The van der Waals surface area contributed by atoms with Crippen molar-refractivity contribution in [3.05, 3.63) is 17.9 Å². The molecule has 0 saturated heterocycles. The lowest BCUT2D eigenvalue weighted by atomic mass is 10.3. The van der Waals surface area contributed by atoms with Gasteiger partial charge in [0.2, 0.25) is 10.9 Å². The highest BCUT2D eigenvalue weighted by Gasteiger charge is 2.38. The van der Waals surface area contributed by atoms with Gasteiger partial charge in [0.05, 0.1) is 0 Å². The molecule has 0 aliphatic heterocycles. The van der Waals surface area contributed by atoms with Crippen LogP contribution in [-0.4, -0.2) is 43.1 Å². The molecule has 0 unspecified atom stereocenters. The van der Waals surface area contributed by atoms with Crippen LogP contribution in [0.15, 0.2) is 21.6 Å². The Labute approximate surface area is 119 Å². The Morgan fingerprint density at radius 3 is 2.43 bits per heavy atom. The van der Waals surface area contributed by atoms with Gasteiger partial charge in [0.25, 0.3) is 10.0 Å². The number of alkyl halides is 3. The lowest BCUT2D eigenvalue weighted by Gasteiger charge is -2.21. The first kappa shape index (κ1) is 17.5. The number of unbranched alkanes of at least 4 members (excludes halogenated alkanes) is 1. The summed E-state index contributed by atoms with van der Waals surface area (Å²) in [4.78, 5) is 10.6. The highest BCUT2D eigenvalue weighted by Crippen LogP contribution is 2.24. The van der Waals surface area contributed by atoms with Crippen molar-refractivity contribution in [1.29, 1.82) is 0 Å². The van der Waals surface area contributed by atoms with Crippen LogP contribution in [0.2, 0.25) is 0 Å². The number of sulfonamides is 1. The van der Waals surface area contributed by atoms with Gasteiger partial charge in [-0.2, -0.15) is 17.5 Å². The maximum Gasteiger partial charge on any atom is 0.402 e. The van der Waals surface area contributed by atoms with Crippen LogP contribution in [0.5, 0.6) is 0 Å². The Kier molecular flexibility index (Phi) is 5.40. The van der Waals surface area contributed by atoms with Gasteiger partial charge in [0, 0.05) is 6.54 Å². The highest BCUT2D eigenvalue weighted by atomic mass is 32.2. The summed E-state index contributed by atoms with van der Waals surface area (Å²) in [5.41, 5.74) is 0. The minimum absolute atomic E-state index is 0.237. The number of rotatable bonds is 7. The molecule has 1 heterocycles. The van der Waals surface area contributed by atoms with Crippen LogP contribution in [0.25, 0.3) is 0 Å². The van der Waals surface area contributed by atoms with Crippen molar-refractivity contribution < 1.29 is 35.9 Å². The topological polar surface area (TPSA) is 87.8 Å². The molecule has 1 rings (SSSR count). The van der Waals surface area contributed by atoms with E-state index in [9.17, 15) is 26.4 Å². The molecule has 1 aromatic rings. The third-order valence-electron chi connectivity index (χ3n) is 2.50. The molecule has 0 fully saturated rings. The summed E-state index contributed by atoms with van der Waals surface area (Å²) in [6.45, 7) is -0.284.